The number of aromatic nitrogens is 4. The number of pyridine rings is 1. The highest BCUT2D eigenvalue weighted by molar-refractivity contribution is 5.95. The number of rotatable bonds is 25. The van der Waals surface area contributed by atoms with E-state index >= 15 is 0 Å². The summed E-state index contributed by atoms with van der Waals surface area (Å²) in [4.78, 5) is 35.2. The van der Waals surface area contributed by atoms with Crippen LogP contribution in [0.25, 0.3) is 11.4 Å². The largest absolute Gasteiger partial charge is 0.494 e. The zero-order valence-corrected chi connectivity index (χ0v) is 32.7. The molecular formula is C42H57N7O7. The zero-order valence-electron chi connectivity index (χ0n) is 32.7. The Balaban J connectivity index is 0.986. The van der Waals surface area contributed by atoms with Crippen molar-refractivity contribution < 1.29 is 33.6 Å². The summed E-state index contributed by atoms with van der Waals surface area (Å²) in [5.74, 6) is 1.26. The van der Waals surface area contributed by atoms with E-state index in [1.54, 1.807) is 12.4 Å². The smallest absolute Gasteiger partial charge is 0.303 e. The Morgan fingerprint density at radius 1 is 0.857 bits per heavy atom. The first-order chi connectivity index (χ1) is 27.3. The molecule has 4 aromatic rings. The number of piperidine rings is 1. The third kappa shape index (κ3) is 13.7. The van der Waals surface area contributed by atoms with Gasteiger partial charge in [0.1, 0.15) is 5.75 Å². The van der Waals surface area contributed by atoms with Gasteiger partial charge in [0, 0.05) is 61.9 Å². The second kappa shape index (κ2) is 22.6. The van der Waals surface area contributed by atoms with Crippen molar-refractivity contribution in [2.45, 2.75) is 69.9 Å². The van der Waals surface area contributed by atoms with Crippen LogP contribution in [-0.4, -0.2) is 108 Å². The molecule has 302 valence electrons. The van der Waals surface area contributed by atoms with E-state index in [0.29, 0.717) is 64.1 Å². The number of amides is 1. The summed E-state index contributed by atoms with van der Waals surface area (Å²) < 4.78 is 22.4. The minimum Gasteiger partial charge on any atom is -0.494 e. The van der Waals surface area contributed by atoms with Crippen molar-refractivity contribution in [1.29, 1.82) is 0 Å². The van der Waals surface area contributed by atoms with Gasteiger partial charge >= 0.3 is 5.97 Å². The maximum atomic E-state index is 13.4. The number of aromatic amines is 1. The van der Waals surface area contributed by atoms with Crippen molar-refractivity contribution in [3.05, 3.63) is 90.0 Å². The minimum atomic E-state index is -0.805. The third-order valence-electron chi connectivity index (χ3n) is 9.83. The van der Waals surface area contributed by atoms with Gasteiger partial charge in [0.2, 0.25) is 0 Å². The Hall–Kier alpha value is -4.89. The normalized spacial score (nSPS) is 14.6. The van der Waals surface area contributed by atoms with Crippen LogP contribution in [0.15, 0.2) is 73.1 Å². The van der Waals surface area contributed by atoms with Crippen LogP contribution in [0.3, 0.4) is 0 Å². The number of carboxylic acid groups (broad SMARTS) is 1. The molecule has 2 aromatic heterocycles. The summed E-state index contributed by atoms with van der Waals surface area (Å²) in [5, 5.41) is 23.2. The lowest BCUT2D eigenvalue weighted by molar-refractivity contribution is -0.137. The number of anilines is 1. The summed E-state index contributed by atoms with van der Waals surface area (Å²) in [7, 11) is 2.12. The Morgan fingerprint density at radius 2 is 1.52 bits per heavy atom. The van der Waals surface area contributed by atoms with Crippen LogP contribution >= 0.6 is 0 Å². The van der Waals surface area contributed by atoms with Gasteiger partial charge in [-0.15, -0.1) is 0 Å². The summed E-state index contributed by atoms with van der Waals surface area (Å²) >= 11 is 0. The van der Waals surface area contributed by atoms with Crippen molar-refractivity contribution in [3.63, 3.8) is 0 Å². The highest BCUT2D eigenvalue weighted by Gasteiger charge is 2.39. The van der Waals surface area contributed by atoms with E-state index in [4.69, 9.17) is 29.0 Å². The van der Waals surface area contributed by atoms with Gasteiger partial charge in [0.25, 0.3) is 5.91 Å². The molecule has 4 N–H and O–H groups in total. The number of likely N-dealkylation sites (tertiary alicyclic amines) is 1. The van der Waals surface area contributed by atoms with Crippen LogP contribution in [0.4, 0.5) is 5.69 Å². The number of H-pyrrole nitrogens is 1. The first-order valence-electron chi connectivity index (χ1n) is 19.7. The van der Waals surface area contributed by atoms with E-state index < -0.39 is 11.5 Å². The van der Waals surface area contributed by atoms with E-state index in [1.807, 2.05) is 67.6 Å². The van der Waals surface area contributed by atoms with Crippen molar-refractivity contribution in [2.75, 3.05) is 71.7 Å². The summed E-state index contributed by atoms with van der Waals surface area (Å²) in [6.45, 7) is 7.55. The maximum absolute atomic E-state index is 13.4. The molecule has 1 aliphatic heterocycles. The van der Waals surface area contributed by atoms with Crippen molar-refractivity contribution in [3.8, 4) is 17.1 Å². The predicted molar refractivity (Wildman–Crippen MR) is 214 cm³/mol. The SMILES string of the molecule is C[C@@H](NC(=O)c1cccc(NC2(c3nc(-c4ccncc4)n[nH]3)CCN(C)CC2)c1)c1ccc(OCCCCCCOCCOCCOCCCC(=O)O)cc1. The number of carbonyl (C=O) groups excluding carboxylic acids is 1. The number of ether oxygens (including phenoxy) is 4. The van der Waals surface area contributed by atoms with Crippen molar-refractivity contribution in [2.24, 2.45) is 0 Å². The number of carbonyl (C=O) groups is 2. The number of carboxylic acids is 1. The molecule has 5 rings (SSSR count). The number of nitrogens with zero attached hydrogens (tertiary/aromatic N) is 4. The Labute approximate surface area is 329 Å². The molecule has 1 saturated heterocycles. The quantitative estimate of drug-likeness (QED) is 0.0560. The number of hydrogen-bond donors (Lipinski definition) is 4. The molecule has 56 heavy (non-hydrogen) atoms. The molecule has 0 bridgehead atoms. The molecule has 0 spiro atoms. The molecule has 0 aliphatic carbocycles. The van der Waals surface area contributed by atoms with Gasteiger partial charge in [-0.05, 0) is 101 Å². The monoisotopic (exact) mass is 771 g/mol. The highest BCUT2D eigenvalue weighted by Crippen LogP contribution is 2.35. The van der Waals surface area contributed by atoms with Crippen LogP contribution in [0.1, 0.15) is 86.1 Å². The molecular weight excluding hydrogens is 715 g/mol. The molecule has 3 heterocycles. The third-order valence-corrected chi connectivity index (χ3v) is 9.83. The van der Waals surface area contributed by atoms with E-state index in [-0.39, 0.29) is 18.4 Å². The zero-order chi connectivity index (χ0) is 39.4. The van der Waals surface area contributed by atoms with Gasteiger partial charge in [-0.25, -0.2) is 4.98 Å². The van der Waals surface area contributed by atoms with Crippen LogP contribution in [0.2, 0.25) is 0 Å². The maximum Gasteiger partial charge on any atom is 0.303 e. The lowest BCUT2D eigenvalue weighted by Gasteiger charge is -2.40. The molecule has 2 aromatic carbocycles. The predicted octanol–water partition coefficient (Wildman–Crippen LogP) is 6.24. The summed E-state index contributed by atoms with van der Waals surface area (Å²) in [5.41, 5.74) is 2.85. The Bertz CT molecular complexity index is 1750. The van der Waals surface area contributed by atoms with Crippen molar-refractivity contribution in [1.82, 2.24) is 30.4 Å². The Morgan fingerprint density at radius 3 is 2.21 bits per heavy atom. The lowest BCUT2D eigenvalue weighted by atomic mass is 9.86. The van der Waals surface area contributed by atoms with Crippen LogP contribution < -0.4 is 15.4 Å². The molecule has 0 saturated carbocycles. The number of unbranched alkanes of at least 4 members (excludes halogenated alkanes) is 3. The van der Waals surface area contributed by atoms with Gasteiger partial charge in [-0.3, -0.25) is 19.7 Å². The van der Waals surface area contributed by atoms with Gasteiger partial charge in [0.05, 0.1) is 44.6 Å². The fourth-order valence-electron chi connectivity index (χ4n) is 6.47. The standard InChI is InChI=1S/C42H57N7O7/c1-32(33-12-14-37(15-13-33)56-26-6-4-3-5-24-53-27-29-55-30-28-54-25-8-11-38(50)51)44-40(52)35-9-7-10-36(31-35)46-42(18-22-49(2)23-19-42)41-45-39(47-48-41)34-16-20-43-21-17-34/h7,9-10,12-17,20-21,31-32,46H,3-6,8,11,18-19,22-30H2,1-2H3,(H,44,52)(H,50,51)(H,45,47,48)/t32-/m1/s1. The fourth-order valence-corrected chi connectivity index (χ4v) is 6.47. The second-order valence-corrected chi connectivity index (χ2v) is 14.2. The number of aliphatic carboxylic acids is 1. The van der Waals surface area contributed by atoms with E-state index in [9.17, 15) is 9.59 Å². The molecule has 1 atom stereocenters. The van der Waals surface area contributed by atoms with Gasteiger partial charge in [0.15, 0.2) is 11.6 Å². The summed E-state index contributed by atoms with van der Waals surface area (Å²) in [6.07, 6.45) is 9.84. The van der Waals surface area contributed by atoms with Crippen LogP contribution in [-0.2, 0) is 24.5 Å². The molecule has 1 aliphatic rings. The lowest BCUT2D eigenvalue weighted by Crippen LogP contribution is -2.46. The minimum absolute atomic E-state index is 0.124. The number of benzene rings is 2. The van der Waals surface area contributed by atoms with Gasteiger partial charge in [-0.1, -0.05) is 24.6 Å². The number of nitrogens with one attached hydrogen (secondary N) is 3. The van der Waals surface area contributed by atoms with Crippen molar-refractivity contribution >= 4 is 17.6 Å². The molecule has 14 nitrogen and oxygen atoms in total. The Kier molecular flexibility index (Phi) is 17.1. The van der Waals surface area contributed by atoms with E-state index in [0.717, 1.165) is 80.0 Å². The average Bonchev–Trinajstić information content (AvgIpc) is 3.72. The first-order valence-corrected chi connectivity index (χ1v) is 19.7. The molecule has 14 heteroatoms. The highest BCUT2D eigenvalue weighted by atomic mass is 16.5. The molecule has 0 unspecified atom stereocenters. The first kappa shape index (κ1) is 42.3. The van der Waals surface area contributed by atoms with E-state index in [1.165, 1.54) is 0 Å². The summed E-state index contributed by atoms with van der Waals surface area (Å²) in [6, 6.07) is 19.1. The number of hydrogen-bond acceptors (Lipinski definition) is 11. The molecule has 1 fully saturated rings. The average molecular weight is 772 g/mol. The second-order valence-electron chi connectivity index (χ2n) is 14.2. The van der Waals surface area contributed by atoms with Gasteiger partial charge < -0.3 is 39.6 Å². The molecule has 1 amide bonds. The fraction of sp³-hybridized carbons (Fsp3) is 0.500. The van der Waals surface area contributed by atoms with Crippen LogP contribution in [0.5, 0.6) is 5.75 Å². The topological polar surface area (TPSA) is 173 Å². The van der Waals surface area contributed by atoms with Crippen LogP contribution in [0, 0.1) is 0 Å². The molecule has 0 radical (unpaired) electrons. The van der Waals surface area contributed by atoms with Gasteiger partial charge in [-0.2, -0.15) is 5.10 Å². The van der Waals surface area contributed by atoms with E-state index in [2.05, 4.69) is 37.8 Å².